The van der Waals surface area contributed by atoms with Gasteiger partial charge in [-0.25, -0.2) is 0 Å². The van der Waals surface area contributed by atoms with Gasteiger partial charge in [-0.15, -0.1) is 11.3 Å². The van der Waals surface area contributed by atoms with Crippen LogP contribution in [-0.2, 0) is 6.54 Å². The first kappa shape index (κ1) is 16.2. The summed E-state index contributed by atoms with van der Waals surface area (Å²) in [6.45, 7) is 0.506. The molecular weight excluding hydrogens is 394 g/mol. The summed E-state index contributed by atoms with van der Waals surface area (Å²) in [6.07, 6.45) is 0. The number of halogens is 2. The predicted octanol–water partition coefficient (Wildman–Crippen LogP) is 6.01. The molecule has 5 heteroatoms. The van der Waals surface area contributed by atoms with Crippen LogP contribution in [0.4, 0.5) is 5.69 Å². The molecule has 1 amide bonds. The quantitative estimate of drug-likeness (QED) is 0.519. The maximum atomic E-state index is 12.9. The molecule has 2 nitrogen and oxygen atoms in total. The Bertz CT molecular complexity index is 785. The molecule has 0 atom stereocenters. The van der Waals surface area contributed by atoms with E-state index >= 15 is 0 Å². The molecule has 3 rings (SSSR count). The zero-order valence-electron chi connectivity index (χ0n) is 12.1. The van der Waals surface area contributed by atoms with E-state index in [2.05, 4.69) is 15.9 Å². The average Bonchev–Trinajstić information content (AvgIpc) is 3.09. The largest absolute Gasteiger partial charge is 0.303 e. The number of hydrogen-bond donors (Lipinski definition) is 0. The van der Waals surface area contributed by atoms with Crippen molar-refractivity contribution >= 4 is 50.5 Å². The molecule has 3 aromatic rings. The topological polar surface area (TPSA) is 20.3 Å². The van der Waals surface area contributed by atoms with Gasteiger partial charge in [0.05, 0.1) is 11.4 Å². The Balaban J connectivity index is 1.94. The highest BCUT2D eigenvalue weighted by molar-refractivity contribution is 9.10. The third-order valence-electron chi connectivity index (χ3n) is 3.37. The fourth-order valence-electron chi connectivity index (χ4n) is 2.21. The average molecular weight is 407 g/mol. The minimum Gasteiger partial charge on any atom is -0.303 e. The van der Waals surface area contributed by atoms with Gasteiger partial charge in [-0.1, -0.05) is 45.7 Å². The highest BCUT2D eigenvalue weighted by Gasteiger charge is 2.19. The maximum absolute atomic E-state index is 12.9. The lowest BCUT2D eigenvalue weighted by Gasteiger charge is -2.22. The normalized spacial score (nSPS) is 10.5. The number of amides is 1. The number of rotatable bonds is 4. The number of nitrogens with zero attached hydrogens (tertiary/aromatic N) is 1. The van der Waals surface area contributed by atoms with E-state index in [1.54, 1.807) is 17.0 Å². The number of carbonyl (C=O) groups excluding carboxylic acids is 1. The van der Waals surface area contributed by atoms with Gasteiger partial charge in [0.1, 0.15) is 0 Å². The molecule has 0 radical (unpaired) electrons. The summed E-state index contributed by atoms with van der Waals surface area (Å²) in [7, 11) is 0. The van der Waals surface area contributed by atoms with Crippen molar-refractivity contribution in [2.24, 2.45) is 0 Å². The Morgan fingerprint density at radius 1 is 1.04 bits per heavy atom. The van der Waals surface area contributed by atoms with Crippen molar-refractivity contribution in [3.63, 3.8) is 0 Å². The molecular formula is C18H13BrClNOS. The fourth-order valence-corrected chi connectivity index (χ4v) is 3.27. The molecule has 23 heavy (non-hydrogen) atoms. The van der Waals surface area contributed by atoms with Crippen LogP contribution < -0.4 is 4.90 Å². The van der Waals surface area contributed by atoms with Gasteiger partial charge in [0, 0.05) is 15.2 Å². The lowest BCUT2D eigenvalue weighted by molar-refractivity contribution is 0.0989. The number of carbonyl (C=O) groups is 1. The van der Waals surface area contributed by atoms with Crippen LogP contribution in [0, 0.1) is 0 Å². The van der Waals surface area contributed by atoms with Crippen LogP contribution in [0.2, 0.25) is 5.02 Å². The molecule has 0 N–H and O–H groups in total. The summed E-state index contributed by atoms with van der Waals surface area (Å²) >= 11 is 10.8. The van der Waals surface area contributed by atoms with Gasteiger partial charge in [-0.3, -0.25) is 4.79 Å². The summed E-state index contributed by atoms with van der Waals surface area (Å²) < 4.78 is 1.02. The van der Waals surface area contributed by atoms with E-state index in [1.165, 1.54) is 11.3 Å². The van der Waals surface area contributed by atoms with E-state index in [9.17, 15) is 4.79 Å². The van der Waals surface area contributed by atoms with Gasteiger partial charge in [0.15, 0.2) is 0 Å². The van der Waals surface area contributed by atoms with Crippen molar-refractivity contribution in [1.29, 1.82) is 0 Å². The smallest absolute Gasteiger partial charge is 0.268 e. The first-order chi connectivity index (χ1) is 11.1. The summed E-state index contributed by atoms with van der Waals surface area (Å²) in [5.41, 5.74) is 1.89. The SMILES string of the molecule is O=C(c1cccs1)N(Cc1ccc(Br)cc1)c1ccc(Cl)cc1. The molecule has 1 aromatic heterocycles. The number of benzene rings is 2. The molecule has 0 bridgehead atoms. The van der Waals surface area contributed by atoms with E-state index in [-0.39, 0.29) is 5.91 Å². The second-order valence-corrected chi connectivity index (χ2v) is 7.27. The van der Waals surface area contributed by atoms with Crippen molar-refractivity contribution in [3.05, 3.63) is 86.0 Å². The molecule has 0 aliphatic heterocycles. The van der Waals surface area contributed by atoms with Crippen LogP contribution in [0.15, 0.2) is 70.5 Å². The number of thiophene rings is 1. The van der Waals surface area contributed by atoms with E-state index in [0.717, 1.165) is 20.6 Å². The van der Waals surface area contributed by atoms with E-state index < -0.39 is 0 Å². The third-order valence-corrected chi connectivity index (χ3v) is 5.01. The highest BCUT2D eigenvalue weighted by Crippen LogP contribution is 2.24. The summed E-state index contributed by atoms with van der Waals surface area (Å²) in [4.78, 5) is 15.3. The van der Waals surface area contributed by atoms with Crippen molar-refractivity contribution in [2.75, 3.05) is 4.90 Å². The second-order valence-electron chi connectivity index (χ2n) is 4.97. The Hall–Kier alpha value is -1.62. The van der Waals surface area contributed by atoms with Crippen LogP contribution in [0.1, 0.15) is 15.2 Å². The molecule has 116 valence electrons. The number of anilines is 1. The minimum absolute atomic E-state index is 0.00904. The van der Waals surface area contributed by atoms with E-state index in [1.807, 2.05) is 53.9 Å². The Labute approximate surface area is 152 Å². The van der Waals surface area contributed by atoms with E-state index in [0.29, 0.717) is 11.6 Å². The van der Waals surface area contributed by atoms with Gasteiger partial charge >= 0.3 is 0 Å². The van der Waals surface area contributed by atoms with Crippen LogP contribution in [0.5, 0.6) is 0 Å². The summed E-state index contributed by atoms with van der Waals surface area (Å²) in [5.74, 6) is -0.00904. The predicted molar refractivity (Wildman–Crippen MR) is 100 cm³/mol. The Kier molecular flexibility index (Phi) is 5.16. The lowest BCUT2D eigenvalue weighted by atomic mass is 10.2. The van der Waals surface area contributed by atoms with Gasteiger partial charge in [0.25, 0.3) is 5.91 Å². The first-order valence-corrected chi connectivity index (χ1v) is 9.04. The molecule has 0 spiro atoms. The molecule has 0 aliphatic rings. The zero-order valence-corrected chi connectivity index (χ0v) is 15.2. The monoisotopic (exact) mass is 405 g/mol. The van der Waals surface area contributed by atoms with Crippen LogP contribution in [-0.4, -0.2) is 5.91 Å². The lowest BCUT2D eigenvalue weighted by Crippen LogP contribution is -2.29. The molecule has 0 aliphatic carbocycles. The summed E-state index contributed by atoms with van der Waals surface area (Å²) in [5, 5.41) is 2.56. The Morgan fingerprint density at radius 2 is 1.74 bits per heavy atom. The van der Waals surface area contributed by atoms with Crippen molar-refractivity contribution in [1.82, 2.24) is 0 Å². The molecule has 0 saturated heterocycles. The zero-order chi connectivity index (χ0) is 16.2. The molecule has 0 unspecified atom stereocenters. The minimum atomic E-state index is -0.00904. The van der Waals surface area contributed by atoms with Crippen molar-refractivity contribution < 1.29 is 4.79 Å². The van der Waals surface area contributed by atoms with E-state index in [4.69, 9.17) is 11.6 Å². The standard InChI is InChI=1S/C18H13BrClNOS/c19-14-5-3-13(4-6-14)12-21(16-9-7-15(20)8-10-16)18(22)17-2-1-11-23-17/h1-11H,12H2. The van der Waals surface area contributed by atoms with Crippen LogP contribution in [0.3, 0.4) is 0 Å². The van der Waals surface area contributed by atoms with Gasteiger partial charge in [0.2, 0.25) is 0 Å². The van der Waals surface area contributed by atoms with Gasteiger partial charge < -0.3 is 4.90 Å². The molecule has 0 fully saturated rings. The van der Waals surface area contributed by atoms with Gasteiger partial charge in [-0.2, -0.15) is 0 Å². The first-order valence-electron chi connectivity index (χ1n) is 6.99. The summed E-state index contributed by atoms with van der Waals surface area (Å²) in [6, 6.07) is 19.0. The number of hydrogen-bond acceptors (Lipinski definition) is 2. The fraction of sp³-hybridized carbons (Fsp3) is 0.0556. The van der Waals surface area contributed by atoms with Crippen molar-refractivity contribution in [3.8, 4) is 0 Å². The second kappa shape index (κ2) is 7.30. The third kappa shape index (κ3) is 4.02. The molecule has 1 heterocycles. The highest BCUT2D eigenvalue weighted by atomic mass is 79.9. The molecule has 0 saturated carbocycles. The Morgan fingerprint density at radius 3 is 2.35 bits per heavy atom. The van der Waals surface area contributed by atoms with Crippen LogP contribution >= 0.6 is 38.9 Å². The molecule has 2 aromatic carbocycles. The van der Waals surface area contributed by atoms with Crippen molar-refractivity contribution in [2.45, 2.75) is 6.54 Å². The van der Waals surface area contributed by atoms with Gasteiger partial charge in [-0.05, 0) is 53.4 Å². The maximum Gasteiger partial charge on any atom is 0.268 e. The van der Waals surface area contributed by atoms with Crippen LogP contribution in [0.25, 0.3) is 0 Å².